The maximum Gasteiger partial charge on any atom is 0.398 e. The van der Waals surface area contributed by atoms with Gasteiger partial charge in [-0.15, -0.1) is 0 Å². The second kappa shape index (κ2) is 3.18. The van der Waals surface area contributed by atoms with Crippen LogP contribution in [0.25, 0.3) is 0 Å². The van der Waals surface area contributed by atoms with E-state index in [-0.39, 0.29) is 5.57 Å². The average Bonchev–Trinajstić information content (AvgIpc) is 2.16. The van der Waals surface area contributed by atoms with Gasteiger partial charge in [0.15, 0.2) is 0 Å². The molecule has 15 heavy (non-hydrogen) atoms. The maximum absolute atomic E-state index is 12.4. The predicted octanol–water partition coefficient (Wildman–Crippen LogP) is 2.20. The second-order valence-electron chi connectivity index (χ2n) is 3.21. The van der Waals surface area contributed by atoms with Crippen LogP contribution in [-0.4, -0.2) is 18.3 Å². The number of allylic oxidation sites excluding steroid dienone is 4. The lowest BCUT2D eigenvalue weighted by Crippen LogP contribution is -2.23. The molecule has 0 fully saturated rings. The van der Waals surface area contributed by atoms with E-state index in [1.165, 1.54) is 18.4 Å². The Morgan fingerprint density at radius 3 is 2.73 bits per heavy atom. The van der Waals surface area contributed by atoms with Crippen molar-refractivity contribution in [3.63, 3.8) is 0 Å². The van der Waals surface area contributed by atoms with Crippen LogP contribution in [-0.2, 0) is 4.79 Å². The summed E-state index contributed by atoms with van der Waals surface area (Å²) in [6.45, 7) is 0. The normalized spacial score (nSPS) is 24.7. The van der Waals surface area contributed by atoms with E-state index in [1.54, 1.807) is 0 Å². The fourth-order valence-corrected chi connectivity index (χ4v) is 1.43. The van der Waals surface area contributed by atoms with Crippen molar-refractivity contribution in [2.24, 2.45) is 10.9 Å². The first-order valence-electron chi connectivity index (χ1n) is 4.24. The summed E-state index contributed by atoms with van der Waals surface area (Å²) in [6, 6.07) is 0. The Morgan fingerprint density at radius 1 is 1.33 bits per heavy atom. The van der Waals surface area contributed by atoms with Crippen molar-refractivity contribution in [2.75, 3.05) is 0 Å². The van der Waals surface area contributed by atoms with Crippen molar-refractivity contribution in [3.05, 3.63) is 35.5 Å². The Kier molecular flexibility index (Phi) is 2.10. The lowest BCUT2D eigenvalue weighted by molar-refractivity contribution is -0.149. The first-order valence-corrected chi connectivity index (χ1v) is 4.24. The summed E-state index contributed by atoms with van der Waals surface area (Å²) in [6.07, 6.45) is 1.68. The number of hydrogen-bond donors (Lipinski definition) is 0. The SMILES string of the molecule is O=C1N=CC=C2C=CC(C(F)(F)F)C=C12. The summed E-state index contributed by atoms with van der Waals surface area (Å²) < 4.78 is 37.1. The maximum atomic E-state index is 12.4. The van der Waals surface area contributed by atoms with Gasteiger partial charge in [0.05, 0.1) is 5.92 Å². The highest BCUT2D eigenvalue weighted by Crippen LogP contribution is 2.34. The average molecular weight is 213 g/mol. The zero-order valence-corrected chi connectivity index (χ0v) is 7.45. The van der Waals surface area contributed by atoms with Gasteiger partial charge in [-0.25, -0.2) is 4.99 Å². The van der Waals surface area contributed by atoms with E-state index < -0.39 is 18.0 Å². The lowest BCUT2D eigenvalue weighted by atomic mass is 9.91. The van der Waals surface area contributed by atoms with Gasteiger partial charge in [-0.3, -0.25) is 4.79 Å². The minimum atomic E-state index is -4.35. The van der Waals surface area contributed by atoms with Crippen molar-refractivity contribution >= 4 is 12.1 Å². The molecule has 1 atom stereocenters. The number of dihydropyridines is 1. The van der Waals surface area contributed by atoms with Gasteiger partial charge >= 0.3 is 6.18 Å². The number of carbonyl (C=O) groups is 1. The lowest BCUT2D eigenvalue weighted by Gasteiger charge is -2.19. The molecule has 0 spiro atoms. The van der Waals surface area contributed by atoms with Crippen LogP contribution in [0.4, 0.5) is 13.2 Å². The molecule has 0 aromatic heterocycles. The van der Waals surface area contributed by atoms with Crippen LogP contribution in [0, 0.1) is 5.92 Å². The van der Waals surface area contributed by atoms with E-state index in [2.05, 4.69) is 4.99 Å². The molecule has 1 aliphatic heterocycles. The number of aliphatic imine (C=N–C) groups is 1. The van der Waals surface area contributed by atoms with Crippen LogP contribution in [0.5, 0.6) is 0 Å². The largest absolute Gasteiger partial charge is 0.398 e. The fraction of sp³-hybridized carbons (Fsp3) is 0.200. The molecule has 0 aromatic carbocycles. The summed E-state index contributed by atoms with van der Waals surface area (Å²) in [5.74, 6) is -2.31. The van der Waals surface area contributed by atoms with Crippen molar-refractivity contribution < 1.29 is 18.0 Å². The van der Waals surface area contributed by atoms with E-state index in [0.29, 0.717) is 5.57 Å². The zero-order chi connectivity index (χ0) is 11.1. The first-order chi connectivity index (χ1) is 6.98. The Labute approximate surface area is 83.5 Å². The number of nitrogens with zero attached hydrogens (tertiary/aromatic N) is 1. The van der Waals surface area contributed by atoms with E-state index in [1.807, 2.05) is 0 Å². The molecule has 0 radical (unpaired) electrons. The van der Waals surface area contributed by atoms with Crippen molar-refractivity contribution in [1.29, 1.82) is 0 Å². The molecule has 0 aromatic rings. The number of carbonyl (C=O) groups excluding carboxylic acids is 1. The summed E-state index contributed by atoms with van der Waals surface area (Å²) in [4.78, 5) is 14.6. The zero-order valence-electron chi connectivity index (χ0n) is 7.45. The molecule has 78 valence electrons. The molecule has 5 heteroatoms. The standard InChI is InChI=1S/C10H6F3NO/c11-10(12,13)7-2-1-6-3-4-14-9(15)8(6)5-7/h1-5,7H. The second-order valence-corrected chi connectivity index (χ2v) is 3.21. The fourth-order valence-electron chi connectivity index (χ4n) is 1.43. The van der Waals surface area contributed by atoms with Crippen LogP contribution >= 0.6 is 0 Å². The predicted molar refractivity (Wildman–Crippen MR) is 48.4 cm³/mol. The van der Waals surface area contributed by atoms with E-state index in [9.17, 15) is 18.0 Å². The monoisotopic (exact) mass is 213 g/mol. The first kappa shape index (κ1) is 9.89. The summed E-state index contributed by atoms with van der Waals surface area (Å²) in [7, 11) is 0. The van der Waals surface area contributed by atoms with Crippen molar-refractivity contribution in [2.45, 2.75) is 6.18 Å². The summed E-state index contributed by atoms with van der Waals surface area (Å²) in [5, 5.41) is 0. The Hall–Kier alpha value is -1.65. The molecule has 2 aliphatic rings. The van der Waals surface area contributed by atoms with Gasteiger partial charge in [-0.2, -0.15) is 13.2 Å². The third-order valence-corrected chi connectivity index (χ3v) is 2.19. The summed E-state index contributed by atoms with van der Waals surface area (Å²) in [5.41, 5.74) is 0.512. The molecule has 0 saturated carbocycles. The van der Waals surface area contributed by atoms with E-state index in [4.69, 9.17) is 0 Å². The van der Waals surface area contributed by atoms with Crippen LogP contribution in [0.1, 0.15) is 0 Å². The molecule has 2 nitrogen and oxygen atoms in total. The molecule has 1 amide bonds. The smallest absolute Gasteiger partial charge is 0.267 e. The van der Waals surface area contributed by atoms with Crippen molar-refractivity contribution in [1.82, 2.24) is 0 Å². The summed E-state index contributed by atoms with van der Waals surface area (Å²) >= 11 is 0. The molecular formula is C10H6F3NO. The Balaban J connectivity index is 2.38. The van der Waals surface area contributed by atoms with Crippen LogP contribution in [0.15, 0.2) is 40.4 Å². The highest BCUT2D eigenvalue weighted by Gasteiger charge is 2.38. The number of hydrogen-bond acceptors (Lipinski definition) is 1. The van der Waals surface area contributed by atoms with Gasteiger partial charge in [0.2, 0.25) is 0 Å². The van der Waals surface area contributed by atoms with Gasteiger partial charge in [0, 0.05) is 11.8 Å². The highest BCUT2D eigenvalue weighted by molar-refractivity contribution is 6.08. The van der Waals surface area contributed by atoms with Gasteiger partial charge in [-0.1, -0.05) is 18.2 Å². The number of rotatable bonds is 0. The minimum absolute atomic E-state index is 0.0299. The number of alkyl halides is 3. The number of amides is 1. The third kappa shape index (κ3) is 1.77. The minimum Gasteiger partial charge on any atom is -0.267 e. The van der Waals surface area contributed by atoms with Crippen molar-refractivity contribution in [3.8, 4) is 0 Å². The Bertz CT molecular complexity index is 426. The van der Waals surface area contributed by atoms with Gasteiger partial charge in [0.1, 0.15) is 0 Å². The van der Waals surface area contributed by atoms with E-state index >= 15 is 0 Å². The van der Waals surface area contributed by atoms with Crippen LogP contribution in [0.3, 0.4) is 0 Å². The van der Waals surface area contributed by atoms with E-state index in [0.717, 1.165) is 12.2 Å². The van der Waals surface area contributed by atoms with Gasteiger partial charge in [0.25, 0.3) is 5.91 Å². The highest BCUT2D eigenvalue weighted by atomic mass is 19.4. The third-order valence-electron chi connectivity index (χ3n) is 2.19. The molecule has 0 saturated heterocycles. The quantitative estimate of drug-likeness (QED) is 0.606. The Morgan fingerprint density at radius 2 is 2.07 bits per heavy atom. The topological polar surface area (TPSA) is 29.4 Å². The molecule has 1 aliphatic carbocycles. The molecule has 0 N–H and O–H groups in total. The molecule has 1 heterocycles. The number of fused-ring (bicyclic) bond motifs is 1. The number of halogens is 3. The molecule has 2 rings (SSSR count). The molecular weight excluding hydrogens is 207 g/mol. The molecule has 0 bridgehead atoms. The van der Waals surface area contributed by atoms with Gasteiger partial charge in [-0.05, 0) is 11.6 Å². The molecule has 1 unspecified atom stereocenters. The van der Waals surface area contributed by atoms with Crippen LogP contribution < -0.4 is 0 Å². The van der Waals surface area contributed by atoms with Gasteiger partial charge < -0.3 is 0 Å². The van der Waals surface area contributed by atoms with Crippen LogP contribution in [0.2, 0.25) is 0 Å².